The maximum Gasteiger partial charge on any atom is 0.311 e. The molecule has 0 aliphatic heterocycles. The zero-order chi connectivity index (χ0) is 17.9. The Morgan fingerprint density at radius 3 is 2.46 bits per heavy atom. The summed E-state index contributed by atoms with van der Waals surface area (Å²) >= 11 is 6.01. The molecule has 0 spiro atoms. The molecule has 2 aromatic rings. The molecular formula is C19H23ClN2O2. The van der Waals surface area contributed by atoms with Crippen LogP contribution < -0.4 is 0 Å². The molecule has 0 saturated heterocycles. The van der Waals surface area contributed by atoms with Gasteiger partial charge >= 0.3 is 5.97 Å². The standard InChI is InChI=1S/C19H23ClN2O2/c1-12(2)21-18(14-6-8-15(20)9-7-14)19-13(3)10-16(22(19)4)11-17(23)24-5/h6-10,12H,11H2,1-5H3. The summed E-state index contributed by atoms with van der Waals surface area (Å²) in [4.78, 5) is 16.4. The molecule has 0 N–H and O–H groups in total. The van der Waals surface area contributed by atoms with Crippen molar-refractivity contribution >= 4 is 23.3 Å². The number of nitrogens with zero attached hydrogens (tertiary/aromatic N) is 2. The number of hydrogen-bond donors (Lipinski definition) is 0. The van der Waals surface area contributed by atoms with Gasteiger partial charge in [0.05, 0.1) is 24.9 Å². The molecule has 0 atom stereocenters. The third-order valence-electron chi connectivity index (χ3n) is 3.81. The van der Waals surface area contributed by atoms with E-state index in [-0.39, 0.29) is 18.4 Å². The molecule has 128 valence electrons. The number of rotatable bonds is 5. The predicted molar refractivity (Wildman–Crippen MR) is 98.1 cm³/mol. The number of ether oxygens (including phenoxy) is 1. The number of carbonyl (C=O) groups excluding carboxylic acids is 1. The molecule has 1 heterocycles. The van der Waals surface area contributed by atoms with Crippen molar-refractivity contribution in [3.63, 3.8) is 0 Å². The molecule has 2 rings (SSSR count). The molecule has 0 aliphatic rings. The largest absolute Gasteiger partial charge is 0.469 e. The monoisotopic (exact) mass is 346 g/mol. The van der Waals surface area contributed by atoms with E-state index in [2.05, 4.69) is 0 Å². The minimum absolute atomic E-state index is 0.147. The lowest BCUT2D eigenvalue weighted by Crippen LogP contribution is -2.15. The summed E-state index contributed by atoms with van der Waals surface area (Å²) in [5.74, 6) is -0.254. The van der Waals surface area contributed by atoms with Gasteiger partial charge in [-0.15, -0.1) is 0 Å². The summed E-state index contributed by atoms with van der Waals surface area (Å²) in [6, 6.07) is 9.82. The summed E-state index contributed by atoms with van der Waals surface area (Å²) in [6.45, 7) is 6.12. The van der Waals surface area contributed by atoms with Crippen molar-refractivity contribution in [1.82, 2.24) is 4.57 Å². The quantitative estimate of drug-likeness (QED) is 0.607. The van der Waals surface area contributed by atoms with Crippen LogP contribution in [0.25, 0.3) is 0 Å². The highest BCUT2D eigenvalue weighted by atomic mass is 35.5. The van der Waals surface area contributed by atoms with Gasteiger partial charge in [-0.05, 0) is 44.5 Å². The first-order valence-corrected chi connectivity index (χ1v) is 8.27. The van der Waals surface area contributed by atoms with Crippen molar-refractivity contribution in [1.29, 1.82) is 0 Å². The fourth-order valence-electron chi connectivity index (χ4n) is 2.70. The number of esters is 1. The van der Waals surface area contributed by atoms with E-state index in [0.29, 0.717) is 5.02 Å². The van der Waals surface area contributed by atoms with Crippen molar-refractivity contribution in [3.8, 4) is 0 Å². The van der Waals surface area contributed by atoms with Crippen LogP contribution in [0.4, 0.5) is 0 Å². The van der Waals surface area contributed by atoms with Crippen LogP contribution in [0.1, 0.15) is 36.4 Å². The molecule has 4 nitrogen and oxygen atoms in total. The molecule has 0 bridgehead atoms. The van der Waals surface area contributed by atoms with Crippen LogP contribution in [0.2, 0.25) is 5.02 Å². The predicted octanol–water partition coefficient (Wildman–Crippen LogP) is 3.95. The Morgan fingerprint density at radius 1 is 1.29 bits per heavy atom. The van der Waals surface area contributed by atoms with Gasteiger partial charge in [-0.2, -0.15) is 0 Å². The summed E-state index contributed by atoms with van der Waals surface area (Å²) in [5, 5.41) is 0.692. The smallest absolute Gasteiger partial charge is 0.311 e. The van der Waals surface area contributed by atoms with Crippen molar-refractivity contribution in [2.45, 2.75) is 33.2 Å². The van der Waals surface area contributed by atoms with E-state index in [9.17, 15) is 4.79 Å². The highest BCUT2D eigenvalue weighted by molar-refractivity contribution is 6.30. The lowest BCUT2D eigenvalue weighted by Gasteiger charge is -2.13. The zero-order valence-corrected chi connectivity index (χ0v) is 15.5. The Morgan fingerprint density at radius 2 is 1.92 bits per heavy atom. The molecule has 0 unspecified atom stereocenters. The summed E-state index contributed by atoms with van der Waals surface area (Å²) < 4.78 is 6.80. The zero-order valence-electron chi connectivity index (χ0n) is 14.8. The Kier molecular flexibility index (Phi) is 5.84. The van der Waals surface area contributed by atoms with E-state index in [1.54, 1.807) is 0 Å². The van der Waals surface area contributed by atoms with Gasteiger partial charge in [-0.1, -0.05) is 23.7 Å². The number of hydrogen-bond acceptors (Lipinski definition) is 3. The molecule has 24 heavy (non-hydrogen) atoms. The Bertz CT molecular complexity index is 758. The second kappa shape index (κ2) is 7.67. The van der Waals surface area contributed by atoms with Gasteiger partial charge in [0.2, 0.25) is 0 Å². The van der Waals surface area contributed by atoms with Crippen molar-refractivity contribution < 1.29 is 9.53 Å². The van der Waals surface area contributed by atoms with Gasteiger partial charge in [-0.25, -0.2) is 0 Å². The first-order valence-electron chi connectivity index (χ1n) is 7.89. The fourth-order valence-corrected chi connectivity index (χ4v) is 2.82. The van der Waals surface area contributed by atoms with Crippen LogP contribution >= 0.6 is 11.6 Å². The molecule has 0 fully saturated rings. The molecule has 5 heteroatoms. The van der Waals surface area contributed by atoms with Crippen molar-refractivity contribution in [2.75, 3.05) is 7.11 Å². The Labute approximate surface area is 148 Å². The number of aryl methyl sites for hydroxylation is 1. The van der Waals surface area contributed by atoms with Gasteiger partial charge in [0.25, 0.3) is 0 Å². The van der Waals surface area contributed by atoms with Crippen LogP contribution in [0.3, 0.4) is 0 Å². The second-order valence-corrected chi connectivity index (χ2v) is 6.49. The van der Waals surface area contributed by atoms with Crippen molar-refractivity contribution in [3.05, 3.63) is 57.9 Å². The average Bonchev–Trinajstić information content (AvgIpc) is 2.80. The van der Waals surface area contributed by atoms with Crippen LogP contribution in [0.5, 0.6) is 0 Å². The van der Waals surface area contributed by atoms with Crippen LogP contribution in [0, 0.1) is 6.92 Å². The Balaban J connectivity index is 2.55. The molecule has 0 aliphatic carbocycles. The Hall–Kier alpha value is -2.07. The van der Waals surface area contributed by atoms with Crippen LogP contribution in [-0.2, 0) is 23.0 Å². The molecule has 1 aromatic carbocycles. The lowest BCUT2D eigenvalue weighted by atomic mass is 10.0. The highest BCUT2D eigenvalue weighted by Crippen LogP contribution is 2.21. The summed E-state index contributed by atoms with van der Waals surface area (Å²) in [7, 11) is 3.35. The second-order valence-electron chi connectivity index (χ2n) is 6.06. The summed E-state index contributed by atoms with van der Waals surface area (Å²) in [6.07, 6.45) is 0.240. The SMILES string of the molecule is COC(=O)Cc1cc(C)c(C(=NC(C)C)c2ccc(Cl)cc2)n1C. The van der Waals surface area contributed by atoms with E-state index in [0.717, 1.165) is 28.2 Å². The first-order chi connectivity index (χ1) is 11.3. The van der Waals surface area contributed by atoms with Gasteiger partial charge < -0.3 is 9.30 Å². The van der Waals surface area contributed by atoms with E-state index < -0.39 is 0 Å². The lowest BCUT2D eigenvalue weighted by molar-refractivity contribution is -0.139. The van der Waals surface area contributed by atoms with Gasteiger partial charge in [0.1, 0.15) is 0 Å². The maximum absolute atomic E-state index is 11.6. The number of carbonyl (C=O) groups is 1. The average molecular weight is 347 g/mol. The minimum Gasteiger partial charge on any atom is -0.469 e. The minimum atomic E-state index is -0.254. The fraction of sp³-hybridized carbons (Fsp3) is 0.368. The molecule has 1 aromatic heterocycles. The molecule has 0 amide bonds. The van der Waals surface area contributed by atoms with Gasteiger partial charge in [-0.3, -0.25) is 9.79 Å². The number of methoxy groups -OCH3 is 1. The van der Waals surface area contributed by atoms with Crippen LogP contribution in [-0.4, -0.2) is 29.4 Å². The number of aromatic nitrogens is 1. The number of aliphatic imine (C=N–C) groups is 1. The number of halogens is 1. The van der Waals surface area contributed by atoms with E-state index >= 15 is 0 Å². The topological polar surface area (TPSA) is 43.6 Å². The third-order valence-corrected chi connectivity index (χ3v) is 4.06. The van der Waals surface area contributed by atoms with Gasteiger partial charge in [0, 0.05) is 29.4 Å². The molecule has 0 saturated carbocycles. The number of benzene rings is 1. The summed E-state index contributed by atoms with van der Waals surface area (Å²) in [5.41, 5.74) is 4.88. The molecular weight excluding hydrogens is 324 g/mol. The van der Waals surface area contributed by atoms with Gasteiger partial charge in [0.15, 0.2) is 0 Å². The van der Waals surface area contributed by atoms with Crippen LogP contribution in [0.15, 0.2) is 35.3 Å². The third kappa shape index (κ3) is 4.06. The normalized spacial score (nSPS) is 11.9. The molecule has 0 radical (unpaired) electrons. The van der Waals surface area contributed by atoms with E-state index in [1.807, 2.05) is 62.7 Å². The maximum atomic E-state index is 11.6. The van der Waals surface area contributed by atoms with Crippen molar-refractivity contribution in [2.24, 2.45) is 12.0 Å². The van der Waals surface area contributed by atoms with E-state index in [1.165, 1.54) is 7.11 Å². The first kappa shape index (κ1) is 18.3. The van der Waals surface area contributed by atoms with E-state index in [4.69, 9.17) is 21.3 Å². The highest BCUT2D eigenvalue weighted by Gasteiger charge is 2.19.